The molecule has 0 saturated heterocycles. The zero-order chi connectivity index (χ0) is 15.6. The number of benzene rings is 2. The molecule has 2 aromatic carbocycles. The van der Waals surface area contributed by atoms with Gasteiger partial charge in [-0.05, 0) is 43.2 Å². The zero-order valence-corrected chi connectivity index (χ0v) is 11.7. The van der Waals surface area contributed by atoms with E-state index in [2.05, 4.69) is 5.32 Å². The van der Waals surface area contributed by atoms with Crippen molar-refractivity contribution in [1.29, 1.82) is 0 Å². The Morgan fingerprint density at radius 2 is 1.90 bits per heavy atom. The first-order valence-electron chi connectivity index (χ1n) is 6.44. The number of para-hydroxylation sites is 1. The maximum absolute atomic E-state index is 13.8. The van der Waals surface area contributed by atoms with Crippen LogP contribution in [0.4, 0.5) is 14.5 Å². The van der Waals surface area contributed by atoms with Crippen molar-refractivity contribution in [1.82, 2.24) is 0 Å². The SMILES string of the molecule is Cc1ccc(C(C)Nc2c(F)cccc2C(=O)O)cc1F. The summed E-state index contributed by atoms with van der Waals surface area (Å²) in [5.41, 5.74) is 0.869. The first-order chi connectivity index (χ1) is 9.90. The Morgan fingerprint density at radius 3 is 2.52 bits per heavy atom. The molecule has 3 nitrogen and oxygen atoms in total. The number of aryl methyl sites for hydroxylation is 1. The van der Waals surface area contributed by atoms with E-state index in [1.165, 1.54) is 24.3 Å². The van der Waals surface area contributed by atoms with Crippen LogP contribution in [0, 0.1) is 18.6 Å². The van der Waals surface area contributed by atoms with Crippen LogP contribution in [0.5, 0.6) is 0 Å². The van der Waals surface area contributed by atoms with E-state index in [0.717, 1.165) is 0 Å². The standard InChI is InChI=1S/C16H15F2NO2/c1-9-6-7-11(8-14(9)18)10(2)19-15-12(16(20)21)4-3-5-13(15)17/h3-8,10,19H,1-2H3,(H,20,21). The van der Waals surface area contributed by atoms with Crippen molar-refractivity contribution in [2.75, 3.05) is 5.32 Å². The molecule has 0 saturated carbocycles. The van der Waals surface area contributed by atoms with E-state index in [1.54, 1.807) is 26.0 Å². The Bertz CT molecular complexity index is 686. The van der Waals surface area contributed by atoms with Crippen LogP contribution in [-0.2, 0) is 0 Å². The highest BCUT2D eigenvalue weighted by atomic mass is 19.1. The molecular formula is C16H15F2NO2. The maximum atomic E-state index is 13.8. The molecule has 0 aromatic heterocycles. The summed E-state index contributed by atoms with van der Waals surface area (Å²) in [7, 11) is 0. The van der Waals surface area contributed by atoms with Gasteiger partial charge in [0.25, 0.3) is 0 Å². The highest BCUT2D eigenvalue weighted by Crippen LogP contribution is 2.26. The molecule has 0 aliphatic rings. The number of rotatable bonds is 4. The van der Waals surface area contributed by atoms with Crippen LogP contribution in [0.25, 0.3) is 0 Å². The number of anilines is 1. The third-order valence-electron chi connectivity index (χ3n) is 3.30. The molecule has 0 bridgehead atoms. The van der Waals surface area contributed by atoms with E-state index < -0.39 is 17.8 Å². The van der Waals surface area contributed by atoms with Gasteiger partial charge in [0.05, 0.1) is 11.3 Å². The summed E-state index contributed by atoms with van der Waals surface area (Å²) in [5, 5.41) is 11.9. The van der Waals surface area contributed by atoms with Crippen molar-refractivity contribution < 1.29 is 18.7 Å². The summed E-state index contributed by atoms with van der Waals surface area (Å²) in [4.78, 5) is 11.1. The number of hydrogen-bond donors (Lipinski definition) is 2. The smallest absolute Gasteiger partial charge is 0.337 e. The van der Waals surface area contributed by atoms with Crippen molar-refractivity contribution in [3.63, 3.8) is 0 Å². The van der Waals surface area contributed by atoms with Crippen LogP contribution in [0.2, 0.25) is 0 Å². The second-order valence-electron chi connectivity index (χ2n) is 4.84. The summed E-state index contributed by atoms with van der Waals surface area (Å²) in [6.07, 6.45) is 0. The Kier molecular flexibility index (Phi) is 4.21. The summed E-state index contributed by atoms with van der Waals surface area (Å²) < 4.78 is 27.4. The van der Waals surface area contributed by atoms with E-state index >= 15 is 0 Å². The largest absolute Gasteiger partial charge is 0.478 e. The molecule has 2 N–H and O–H groups in total. The number of carboxylic acid groups (broad SMARTS) is 1. The lowest BCUT2D eigenvalue weighted by molar-refractivity contribution is 0.0697. The quantitative estimate of drug-likeness (QED) is 0.890. The van der Waals surface area contributed by atoms with Crippen molar-refractivity contribution in [2.45, 2.75) is 19.9 Å². The summed E-state index contributed by atoms with van der Waals surface area (Å²) in [5.74, 6) is -2.23. The van der Waals surface area contributed by atoms with E-state index in [1.807, 2.05) is 0 Å². The normalized spacial score (nSPS) is 12.0. The lowest BCUT2D eigenvalue weighted by Gasteiger charge is -2.18. The maximum Gasteiger partial charge on any atom is 0.337 e. The molecule has 0 heterocycles. The average Bonchev–Trinajstić information content (AvgIpc) is 2.43. The van der Waals surface area contributed by atoms with Gasteiger partial charge in [-0.25, -0.2) is 13.6 Å². The van der Waals surface area contributed by atoms with Gasteiger partial charge < -0.3 is 10.4 Å². The molecule has 1 atom stereocenters. The molecule has 0 aliphatic carbocycles. The second kappa shape index (κ2) is 5.91. The molecule has 1 unspecified atom stereocenters. The number of hydrogen-bond acceptors (Lipinski definition) is 2. The Labute approximate surface area is 121 Å². The first-order valence-corrected chi connectivity index (χ1v) is 6.44. The van der Waals surface area contributed by atoms with Gasteiger partial charge >= 0.3 is 5.97 Å². The van der Waals surface area contributed by atoms with Gasteiger partial charge in [-0.3, -0.25) is 0 Å². The van der Waals surface area contributed by atoms with E-state index in [4.69, 9.17) is 5.11 Å². The molecule has 2 rings (SSSR count). The number of halogens is 2. The van der Waals surface area contributed by atoms with Crippen LogP contribution in [0.3, 0.4) is 0 Å². The fourth-order valence-electron chi connectivity index (χ4n) is 2.03. The predicted octanol–water partition coefficient (Wildman–Crippen LogP) is 4.14. The molecule has 2 aromatic rings. The third-order valence-corrected chi connectivity index (χ3v) is 3.30. The fraction of sp³-hybridized carbons (Fsp3) is 0.188. The molecular weight excluding hydrogens is 276 g/mol. The van der Waals surface area contributed by atoms with Gasteiger partial charge in [-0.1, -0.05) is 18.2 Å². The highest BCUT2D eigenvalue weighted by molar-refractivity contribution is 5.94. The second-order valence-corrected chi connectivity index (χ2v) is 4.84. The minimum absolute atomic E-state index is 0.0986. The topological polar surface area (TPSA) is 49.3 Å². The Hall–Kier alpha value is -2.43. The highest BCUT2D eigenvalue weighted by Gasteiger charge is 2.17. The minimum Gasteiger partial charge on any atom is -0.478 e. The minimum atomic E-state index is -1.22. The van der Waals surface area contributed by atoms with Crippen LogP contribution in [0.15, 0.2) is 36.4 Å². The van der Waals surface area contributed by atoms with E-state index in [9.17, 15) is 13.6 Å². The van der Waals surface area contributed by atoms with Crippen LogP contribution < -0.4 is 5.32 Å². The van der Waals surface area contributed by atoms with E-state index in [-0.39, 0.29) is 17.1 Å². The number of carboxylic acids is 1. The molecule has 0 fully saturated rings. The van der Waals surface area contributed by atoms with E-state index in [0.29, 0.717) is 11.1 Å². The van der Waals surface area contributed by atoms with Gasteiger partial charge in [0.1, 0.15) is 11.6 Å². The lowest BCUT2D eigenvalue weighted by Crippen LogP contribution is -2.12. The Balaban J connectivity index is 2.33. The molecule has 21 heavy (non-hydrogen) atoms. The van der Waals surface area contributed by atoms with Gasteiger partial charge in [-0.2, -0.15) is 0 Å². The van der Waals surface area contributed by atoms with Crippen LogP contribution in [-0.4, -0.2) is 11.1 Å². The summed E-state index contributed by atoms with van der Waals surface area (Å²) in [6.45, 7) is 3.36. The summed E-state index contributed by atoms with van der Waals surface area (Å²) in [6, 6.07) is 8.09. The molecule has 0 amide bonds. The number of carbonyl (C=O) groups is 1. The van der Waals surface area contributed by atoms with Crippen molar-refractivity contribution in [3.8, 4) is 0 Å². The van der Waals surface area contributed by atoms with Gasteiger partial charge in [0, 0.05) is 6.04 Å². The lowest BCUT2D eigenvalue weighted by atomic mass is 10.0. The molecule has 5 heteroatoms. The summed E-state index contributed by atoms with van der Waals surface area (Å²) >= 11 is 0. The fourth-order valence-corrected chi connectivity index (χ4v) is 2.03. The van der Waals surface area contributed by atoms with Crippen molar-refractivity contribution >= 4 is 11.7 Å². The molecule has 0 radical (unpaired) electrons. The molecule has 0 spiro atoms. The monoisotopic (exact) mass is 291 g/mol. The number of aromatic carboxylic acids is 1. The number of nitrogens with one attached hydrogen (secondary N) is 1. The Morgan fingerprint density at radius 1 is 1.19 bits per heavy atom. The third kappa shape index (κ3) is 3.18. The average molecular weight is 291 g/mol. The molecule has 110 valence electrons. The molecule has 0 aliphatic heterocycles. The van der Waals surface area contributed by atoms with Gasteiger partial charge in [0.2, 0.25) is 0 Å². The predicted molar refractivity (Wildman–Crippen MR) is 76.5 cm³/mol. The zero-order valence-electron chi connectivity index (χ0n) is 11.7. The first kappa shape index (κ1) is 15.0. The van der Waals surface area contributed by atoms with Gasteiger partial charge in [-0.15, -0.1) is 0 Å². The van der Waals surface area contributed by atoms with Gasteiger partial charge in [0.15, 0.2) is 0 Å². The van der Waals surface area contributed by atoms with Crippen LogP contribution >= 0.6 is 0 Å². The van der Waals surface area contributed by atoms with Crippen LogP contribution in [0.1, 0.15) is 34.5 Å². The van der Waals surface area contributed by atoms with Crippen molar-refractivity contribution in [2.24, 2.45) is 0 Å². The van der Waals surface area contributed by atoms with Crippen molar-refractivity contribution in [3.05, 3.63) is 64.7 Å².